The molecule has 0 amide bonds. The average Bonchev–Trinajstić information content (AvgIpc) is 2.73. The lowest BCUT2D eigenvalue weighted by Crippen LogP contribution is -3.00. The average molecular weight is 437 g/mol. The molecule has 3 aromatic rings. The van der Waals surface area contributed by atoms with Crippen molar-refractivity contribution < 1.29 is 21.8 Å². The zero-order valence-corrected chi connectivity index (χ0v) is 17.2. The SMILES string of the molecule is O=C(CSC1=NCCc2ccccc21)c1ccc(-c2ccccc2)cc1.[Br-]. The molecule has 2 nitrogen and oxygen atoms in total. The van der Waals surface area contributed by atoms with Crippen LogP contribution in [-0.2, 0) is 6.42 Å². The van der Waals surface area contributed by atoms with E-state index in [4.69, 9.17) is 0 Å². The maximum absolute atomic E-state index is 12.6. The van der Waals surface area contributed by atoms with Crippen molar-refractivity contribution >= 4 is 22.6 Å². The Morgan fingerprint density at radius 3 is 2.30 bits per heavy atom. The highest BCUT2D eigenvalue weighted by molar-refractivity contribution is 8.15. The van der Waals surface area contributed by atoms with Crippen molar-refractivity contribution in [1.29, 1.82) is 0 Å². The molecule has 1 aliphatic rings. The summed E-state index contributed by atoms with van der Waals surface area (Å²) in [6.45, 7) is 0.805. The second kappa shape index (κ2) is 9.16. The molecule has 1 aliphatic heterocycles. The maximum atomic E-state index is 12.6. The number of nitrogens with zero attached hydrogens (tertiary/aromatic N) is 1. The van der Waals surface area contributed by atoms with E-state index in [-0.39, 0.29) is 22.8 Å². The second-order valence-electron chi connectivity index (χ2n) is 6.25. The van der Waals surface area contributed by atoms with Gasteiger partial charge in [0.25, 0.3) is 0 Å². The van der Waals surface area contributed by atoms with Crippen LogP contribution in [0.1, 0.15) is 21.5 Å². The van der Waals surface area contributed by atoms with Gasteiger partial charge in [-0.15, -0.1) is 0 Å². The molecule has 0 N–H and O–H groups in total. The molecule has 4 rings (SSSR count). The molecule has 1 heterocycles. The minimum Gasteiger partial charge on any atom is -1.00 e. The third kappa shape index (κ3) is 4.57. The van der Waals surface area contributed by atoms with E-state index in [0.717, 1.165) is 34.7 Å². The van der Waals surface area contributed by atoms with E-state index < -0.39 is 0 Å². The van der Waals surface area contributed by atoms with Crippen LogP contribution in [0.5, 0.6) is 0 Å². The molecule has 136 valence electrons. The number of carbonyl (C=O) groups is 1. The number of rotatable bonds is 4. The van der Waals surface area contributed by atoms with Gasteiger partial charge in [0.15, 0.2) is 5.78 Å². The fourth-order valence-electron chi connectivity index (χ4n) is 3.13. The molecular formula is C23H19BrNOS-. The molecule has 0 saturated heterocycles. The number of aliphatic imine (C=N–C) groups is 1. The van der Waals surface area contributed by atoms with Crippen molar-refractivity contribution in [3.8, 4) is 11.1 Å². The largest absolute Gasteiger partial charge is 1.00 e. The molecule has 0 saturated carbocycles. The fourth-order valence-corrected chi connectivity index (χ4v) is 4.10. The lowest BCUT2D eigenvalue weighted by Gasteiger charge is -2.15. The number of ketones is 1. The summed E-state index contributed by atoms with van der Waals surface area (Å²) in [6, 6.07) is 26.4. The topological polar surface area (TPSA) is 29.4 Å². The highest BCUT2D eigenvalue weighted by atomic mass is 79.9. The van der Waals surface area contributed by atoms with Crippen LogP contribution in [0.4, 0.5) is 0 Å². The van der Waals surface area contributed by atoms with Crippen LogP contribution in [0, 0.1) is 0 Å². The minimum absolute atomic E-state index is 0. The van der Waals surface area contributed by atoms with Crippen LogP contribution >= 0.6 is 11.8 Å². The van der Waals surface area contributed by atoms with Gasteiger partial charge in [0.2, 0.25) is 0 Å². The van der Waals surface area contributed by atoms with Crippen LogP contribution in [0.2, 0.25) is 0 Å². The molecule has 0 spiro atoms. The molecule has 0 aliphatic carbocycles. The Kier molecular flexibility index (Phi) is 6.64. The number of hydrogen-bond acceptors (Lipinski definition) is 3. The molecule has 3 aromatic carbocycles. The Bertz CT molecular complexity index is 952. The Morgan fingerprint density at radius 2 is 1.52 bits per heavy atom. The van der Waals surface area contributed by atoms with Crippen molar-refractivity contribution in [1.82, 2.24) is 0 Å². The van der Waals surface area contributed by atoms with Crippen molar-refractivity contribution in [2.24, 2.45) is 4.99 Å². The van der Waals surface area contributed by atoms with Gasteiger partial charge < -0.3 is 17.0 Å². The van der Waals surface area contributed by atoms with Crippen LogP contribution in [0.25, 0.3) is 11.1 Å². The first-order valence-electron chi connectivity index (χ1n) is 8.75. The molecule has 0 aromatic heterocycles. The summed E-state index contributed by atoms with van der Waals surface area (Å²) in [6.07, 6.45) is 0.981. The van der Waals surface area contributed by atoms with E-state index in [9.17, 15) is 4.79 Å². The third-order valence-electron chi connectivity index (χ3n) is 4.54. The van der Waals surface area contributed by atoms with E-state index in [1.165, 1.54) is 11.1 Å². The summed E-state index contributed by atoms with van der Waals surface area (Å²) >= 11 is 1.54. The molecule has 27 heavy (non-hydrogen) atoms. The number of Topliss-reactive ketones (excluding diaryl/α,β-unsaturated/α-hetero) is 1. The van der Waals surface area contributed by atoms with E-state index in [2.05, 4.69) is 35.3 Å². The first-order chi connectivity index (χ1) is 12.8. The first-order valence-corrected chi connectivity index (χ1v) is 9.74. The van der Waals surface area contributed by atoms with Crippen molar-refractivity contribution in [2.45, 2.75) is 6.42 Å². The van der Waals surface area contributed by atoms with Crippen molar-refractivity contribution in [3.05, 3.63) is 95.6 Å². The van der Waals surface area contributed by atoms with Gasteiger partial charge in [-0.2, -0.15) is 0 Å². The number of hydrogen-bond donors (Lipinski definition) is 0. The highest BCUT2D eigenvalue weighted by Crippen LogP contribution is 2.24. The standard InChI is InChI=1S/C23H19NOS.BrH/c25-22(16-26-23-21-9-5-4-8-19(21)14-15-24-23)20-12-10-18(11-13-20)17-6-2-1-3-7-17;/h1-13H,14-16H2;1H/p-1. The van der Waals surface area contributed by atoms with Crippen molar-refractivity contribution in [3.63, 3.8) is 0 Å². The van der Waals surface area contributed by atoms with E-state index in [0.29, 0.717) is 5.75 Å². The lowest BCUT2D eigenvalue weighted by molar-refractivity contribution is -0.0000127. The van der Waals surface area contributed by atoms with Crippen molar-refractivity contribution in [2.75, 3.05) is 12.3 Å². The summed E-state index contributed by atoms with van der Waals surface area (Å²) in [5, 5.41) is 0.987. The van der Waals surface area contributed by atoms with Gasteiger partial charge in [0.1, 0.15) is 0 Å². The Morgan fingerprint density at radius 1 is 0.852 bits per heavy atom. The summed E-state index contributed by atoms with van der Waals surface area (Å²) < 4.78 is 0. The molecule has 0 unspecified atom stereocenters. The zero-order valence-electron chi connectivity index (χ0n) is 14.8. The fraction of sp³-hybridized carbons (Fsp3) is 0.130. The van der Waals surface area contributed by atoms with Crippen LogP contribution in [-0.4, -0.2) is 23.1 Å². The van der Waals surface area contributed by atoms with E-state index >= 15 is 0 Å². The molecule has 0 bridgehead atoms. The minimum atomic E-state index is 0. The number of fused-ring (bicyclic) bond motifs is 1. The van der Waals surface area contributed by atoms with Crippen LogP contribution < -0.4 is 17.0 Å². The number of benzene rings is 3. The molecule has 4 heteroatoms. The summed E-state index contributed by atoms with van der Waals surface area (Å²) in [7, 11) is 0. The summed E-state index contributed by atoms with van der Waals surface area (Å²) in [5.74, 6) is 0.554. The molecular weight excluding hydrogens is 418 g/mol. The monoisotopic (exact) mass is 436 g/mol. The number of halogens is 1. The number of thioether (sulfide) groups is 1. The third-order valence-corrected chi connectivity index (χ3v) is 5.57. The van der Waals surface area contributed by atoms with Gasteiger partial charge in [-0.05, 0) is 23.1 Å². The molecule has 0 atom stereocenters. The predicted octanol–water partition coefficient (Wildman–Crippen LogP) is 2.28. The first kappa shape index (κ1) is 19.6. The maximum Gasteiger partial charge on any atom is 0.173 e. The second-order valence-corrected chi connectivity index (χ2v) is 7.21. The summed E-state index contributed by atoms with van der Waals surface area (Å²) in [5.41, 5.74) is 5.54. The van der Waals surface area contributed by atoms with Crippen LogP contribution in [0.3, 0.4) is 0 Å². The smallest absolute Gasteiger partial charge is 0.173 e. The Balaban J connectivity index is 0.00000210. The highest BCUT2D eigenvalue weighted by Gasteiger charge is 2.16. The number of carbonyl (C=O) groups excluding carboxylic acids is 1. The predicted molar refractivity (Wildman–Crippen MR) is 110 cm³/mol. The van der Waals surface area contributed by atoms with Gasteiger partial charge in [0.05, 0.1) is 10.8 Å². The van der Waals surface area contributed by atoms with Gasteiger partial charge in [-0.3, -0.25) is 9.79 Å². The molecule has 0 fully saturated rings. The van der Waals surface area contributed by atoms with Gasteiger partial charge in [-0.25, -0.2) is 0 Å². The zero-order chi connectivity index (χ0) is 17.8. The quantitative estimate of drug-likeness (QED) is 0.587. The lowest BCUT2D eigenvalue weighted by atomic mass is 10.0. The van der Waals surface area contributed by atoms with E-state index in [1.807, 2.05) is 48.5 Å². The van der Waals surface area contributed by atoms with E-state index in [1.54, 1.807) is 11.8 Å². The molecule has 0 radical (unpaired) electrons. The Hall–Kier alpha value is -2.17. The normalized spacial score (nSPS) is 12.5. The van der Waals surface area contributed by atoms with Crippen LogP contribution in [0.15, 0.2) is 83.9 Å². The van der Waals surface area contributed by atoms with Gasteiger partial charge in [0, 0.05) is 17.7 Å². The van der Waals surface area contributed by atoms with Gasteiger partial charge in [-0.1, -0.05) is 90.6 Å². The Labute approximate surface area is 174 Å². The van der Waals surface area contributed by atoms with Gasteiger partial charge >= 0.3 is 0 Å². The summed E-state index contributed by atoms with van der Waals surface area (Å²) in [4.78, 5) is 17.2.